The second-order valence-electron chi connectivity index (χ2n) is 4.82. The molecule has 1 aliphatic carbocycles. The summed E-state index contributed by atoms with van der Waals surface area (Å²) in [5.74, 6) is 0.144. The lowest BCUT2D eigenvalue weighted by Crippen LogP contribution is -2.14. The third-order valence-electron chi connectivity index (χ3n) is 3.03. The Bertz CT molecular complexity index is 741. The molecule has 0 saturated heterocycles. The molecule has 0 bridgehead atoms. The van der Waals surface area contributed by atoms with E-state index in [0.717, 1.165) is 4.88 Å². The van der Waals surface area contributed by atoms with Gasteiger partial charge >= 0.3 is 0 Å². The molecule has 0 atom stereocenters. The van der Waals surface area contributed by atoms with E-state index in [9.17, 15) is 8.42 Å². The summed E-state index contributed by atoms with van der Waals surface area (Å²) in [5.41, 5.74) is 0. The van der Waals surface area contributed by atoms with E-state index in [1.54, 1.807) is 18.2 Å². The van der Waals surface area contributed by atoms with Crippen molar-refractivity contribution in [3.63, 3.8) is 0 Å². The van der Waals surface area contributed by atoms with Gasteiger partial charge in [0.15, 0.2) is 5.82 Å². The standard InChI is InChI=1S/C13H14ClN3O2S2/c14-11-2-1-7-15-13(11)17-21(18,19)12-6-5-10(20-12)8-16-9-3-4-9/h1-2,5-7,9,16H,3-4,8H2,(H,15,17). The number of sulfonamides is 1. The van der Waals surface area contributed by atoms with Crippen LogP contribution in [0.5, 0.6) is 0 Å². The fourth-order valence-electron chi connectivity index (χ4n) is 1.77. The molecule has 8 heteroatoms. The highest BCUT2D eigenvalue weighted by molar-refractivity contribution is 7.94. The topological polar surface area (TPSA) is 71.1 Å². The number of rotatable bonds is 6. The van der Waals surface area contributed by atoms with Gasteiger partial charge in [0.2, 0.25) is 0 Å². The van der Waals surface area contributed by atoms with E-state index in [1.807, 2.05) is 6.07 Å². The van der Waals surface area contributed by atoms with Crippen molar-refractivity contribution in [3.8, 4) is 0 Å². The highest BCUT2D eigenvalue weighted by Crippen LogP contribution is 2.27. The second kappa shape index (κ2) is 5.92. The van der Waals surface area contributed by atoms with Gasteiger partial charge in [-0.15, -0.1) is 11.3 Å². The monoisotopic (exact) mass is 343 g/mol. The van der Waals surface area contributed by atoms with Crippen molar-refractivity contribution in [3.05, 3.63) is 40.4 Å². The van der Waals surface area contributed by atoms with Gasteiger partial charge < -0.3 is 5.32 Å². The van der Waals surface area contributed by atoms with E-state index in [1.165, 1.54) is 30.4 Å². The lowest BCUT2D eigenvalue weighted by atomic mass is 10.4. The Hall–Kier alpha value is -1.15. The van der Waals surface area contributed by atoms with E-state index < -0.39 is 10.0 Å². The number of halogens is 1. The van der Waals surface area contributed by atoms with Crippen LogP contribution in [0.2, 0.25) is 5.02 Å². The molecular formula is C13H14ClN3O2S2. The first-order chi connectivity index (χ1) is 10.0. The molecule has 0 radical (unpaired) electrons. The van der Waals surface area contributed by atoms with Gasteiger partial charge in [-0.1, -0.05) is 11.6 Å². The molecule has 2 aromatic rings. The van der Waals surface area contributed by atoms with Crippen molar-refractivity contribution < 1.29 is 8.42 Å². The molecule has 0 spiro atoms. The van der Waals surface area contributed by atoms with Gasteiger partial charge in [-0.25, -0.2) is 13.4 Å². The quantitative estimate of drug-likeness (QED) is 0.846. The zero-order chi connectivity index (χ0) is 14.9. The Morgan fingerprint density at radius 2 is 2.14 bits per heavy atom. The Morgan fingerprint density at radius 1 is 1.33 bits per heavy atom. The van der Waals surface area contributed by atoms with Crippen LogP contribution in [0.4, 0.5) is 5.82 Å². The van der Waals surface area contributed by atoms with Crippen LogP contribution in [0, 0.1) is 0 Å². The van der Waals surface area contributed by atoms with Gasteiger partial charge in [0, 0.05) is 23.7 Å². The summed E-state index contributed by atoms with van der Waals surface area (Å²) in [6.45, 7) is 0.704. The smallest absolute Gasteiger partial charge is 0.272 e. The molecule has 21 heavy (non-hydrogen) atoms. The summed E-state index contributed by atoms with van der Waals surface area (Å²) in [5, 5.41) is 3.63. The van der Waals surface area contributed by atoms with Gasteiger partial charge in [0.25, 0.3) is 10.0 Å². The lowest BCUT2D eigenvalue weighted by Gasteiger charge is -2.06. The number of anilines is 1. The van der Waals surface area contributed by atoms with Gasteiger partial charge in [-0.3, -0.25) is 4.72 Å². The third-order valence-corrected chi connectivity index (χ3v) is 6.25. The van der Waals surface area contributed by atoms with Crippen LogP contribution in [-0.4, -0.2) is 19.4 Å². The van der Waals surface area contributed by atoms with Crippen molar-refractivity contribution in [2.45, 2.75) is 29.6 Å². The van der Waals surface area contributed by atoms with Gasteiger partial charge in [-0.2, -0.15) is 0 Å². The van der Waals surface area contributed by atoms with E-state index in [-0.39, 0.29) is 15.0 Å². The maximum absolute atomic E-state index is 12.3. The molecule has 2 aromatic heterocycles. The highest BCUT2D eigenvalue weighted by Gasteiger charge is 2.22. The summed E-state index contributed by atoms with van der Waals surface area (Å²) in [4.78, 5) is 4.93. The first-order valence-electron chi connectivity index (χ1n) is 6.50. The average molecular weight is 344 g/mol. The number of aromatic nitrogens is 1. The number of nitrogens with zero attached hydrogens (tertiary/aromatic N) is 1. The normalized spacial score (nSPS) is 15.1. The fraction of sp³-hybridized carbons (Fsp3) is 0.308. The molecule has 0 unspecified atom stereocenters. The Balaban J connectivity index is 1.73. The minimum absolute atomic E-state index is 0.144. The molecular weight excluding hydrogens is 330 g/mol. The highest BCUT2D eigenvalue weighted by atomic mass is 35.5. The Labute approximate surface area is 132 Å². The van der Waals surface area contributed by atoms with Crippen molar-refractivity contribution in [1.29, 1.82) is 0 Å². The zero-order valence-electron chi connectivity index (χ0n) is 11.0. The van der Waals surface area contributed by atoms with Crippen LogP contribution in [0.3, 0.4) is 0 Å². The van der Waals surface area contributed by atoms with Crippen LogP contribution in [-0.2, 0) is 16.6 Å². The first-order valence-corrected chi connectivity index (χ1v) is 9.18. The minimum atomic E-state index is -3.64. The number of pyridine rings is 1. The summed E-state index contributed by atoms with van der Waals surface area (Å²) in [7, 11) is -3.64. The van der Waals surface area contributed by atoms with Crippen LogP contribution >= 0.6 is 22.9 Å². The predicted octanol–water partition coefficient (Wildman–Crippen LogP) is 2.85. The number of thiophene rings is 1. The molecule has 5 nitrogen and oxygen atoms in total. The number of hydrogen-bond acceptors (Lipinski definition) is 5. The molecule has 1 fully saturated rings. The Kier molecular flexibility index (Phi) is 4.17. The van der Waals surface area contributed by atoms with Crippen LogP contribution < -0.4 is 10.0 Å². The SMILES string of the molecule is O=S(=O)(Nc1ncccc1Cl)c1ccc(CNC2CC2)s1. The summed E-state index contributed by atoms with van der Waals surface area (Å²) in [6.07, 6.45) is 3.90. The van der Waals surface area contributed by atoms with E-state index in [2.05, 4.69) is 15.0 Å². The first kappa shape index (κ1) is 14.8. The summed E-state index contributed by atoms with van der Waals surface area (Å²) in [6, 6.07) is 7.26. The molecule has 1 saturated carbocycles. The van der Waals surface area contributed by atoms with Gasteiger partial charge in [0.05, 0.1) is 5.02 Å². The average Bonchev–Trinajstić information content (AvgIpc) is 3.15. The van der Waals surface area contributed by atoms with Gasteiger partial charge in [-0.05, 0) is 37.1 Å². The zero-order valence-corrected chi connectivity index (χ0v) is 13.4. The summed E-state index contributed by atoms with van der Waals surface area (Å²) >= 11 is 7.17. The van der Waals surface area contributed by atoms with E-state index in [4.69, 9.17) is 11.6 Å². The molecule has 1 aliphatic rings. The van der Waals surface area contributed by atoms with Gasteiger partial charge in [0.1, 0.15) is 4.21 Å². The maximum Gasteiger partial charge on any atom is 0.272 e. The van der Waals surface area contributed by atoms with Crippen molar-refractivity contribution in [2.24, 2.45) is 0 Å². The molecule has 0 aromatic carbocycles. The largest absolute Gasteiger partial charge is 0.309 e. The predicted molar refractivity (Wildman–Crippen MR) is 84.2 cm³/mol. The Morgan fingerprint density at radius 3 is 2.86 bits per heavy atom. The third kappa shape index (κ3) is 3.74. The second-order valence-corrected chi connectivity index (χ2v) is 8.30. The molecule has 2 N–H and O–H groups in total. The van der Waals surface area contributed by atoms with Crippen molar-refractivity contribution in [1.82, 2.24) is 10.3 Å². The van der Waals surface area contributed by atoms with E-state index >= 15 is 0 Å². The summed E-state index contributed by atoms with van der Waals surface area (Å²) < 4.78 is 27.3. The fourth-order valence-corrected chi connectivity index (χ4v) is 4.33. The minimum Gasteiger partial charge on any atom is -0.309 e. The van der Waals surface area contributed by atoms with Crippen LogP contribution in [0.15, 0.2) is 34.7 Å². The molecule has 112 valence electrons. The van der Waals surface area contributed by atoms with Crippen molar-refractivity contribution in [2.75, 3.05) is 4.72 Å². The molecule has 3 rings (SSSR count). The van der Waals surface area contributed by atoms with Crippen LogP contribution in [0.25, 0.3) is 0 Å². The molecule has 0 aliphatic heterocycles. The molecule has 2 heterocycles. The van der Waals surface area contributed by atoms with Crippen molar-refractivity contribution >= 4 is 38.8 Å². The van der Waals surface area contributed by atoms with Crippen LogP contribution in [0.1, 0.15) is 17.7 Å². The number of nitrogens with one attached hydrogen (secondary N) is 2. The number of hydrogen-bond donors (Lipinski definition) is 2. The lowest BCUT2D eigenvalue weighted by molar-refractivity contribution is 0.603. The van der Waals surface area contributed by atoms with E-state index in [0.29, 0.717) is 12.6 Å². The maximum atomic E-state index is 12.3. The molecule has 0 amide bonds.